The minimum atomic E-state index is 0.881. The molecule has 110 valence electrons. The molecule has 0 amide bonds. The molecule has 1 aromatic rings. The molecule has 1 heterocycles. The maximum atomic E-state index is 5.73. The largest absolute Gasteiger partial charge is 0.462 e. The van der Waals surface area contributed by atoms with Crippen molar-refractivity contribution >= 4 is 11.8 Å². The fourth-order valence-electron chi connectivity index (χ4n) is 2.18. The van der Waals surface area contributed by atoms with E-state index in [-0.39, 0.29) is 0 Å². The summed E-state index contributed by atoms with van der Waals surface area (Å²) in [6, 6.07) is 8.45. The third-order valence-corrected chi connectivity index (χ3v) is 3.25. The second-order valence-electron chi connectivity index (χ2n) is 5.34. The summed E-state index contributed by atoms with van der Waals surface area (Å²) in [5, 5.41) is 0. The molecule has 0 N–H and O–H groups in total. The van der Waals surface area contributed by atoms with Gasteiger partial charge in [-0.05, 0) is 54.8 Å². The van der Waals surface area contributed by atoms with Gasteiger partial charge in [-0.2, -0.15) is 0 Å². The smallest absolute Gasteiger partial charge is 0.127 e. The van der Waals surface area contributed by atoms with Gasteiger partial charge in [0.2, 0.25) is 0 Å². The molecule has 0 radical (unpaired) electrons. The molecular formula is C19H23NO. The summed E-state index contributed by atoms with van der Waals surface area (Å²) in [5.74, 6) is 1.81. The average Bonchev–Trinajstić information content (AvgIpc) is 2.45. The molecular weight excluding hydrogens is 258 g/mol. The highest BCUT2D eigenvalue weighted by Crippen LogP contribution is 2.21. The Bertz CT molecular complexity index is 601. The Morgan fingerprint density at radius 2 is 1.76 bits per heavy atom. The van der Waals surface area contributed by atoms with Gasteiger partial charge in [-0.25, -0.2) is 0 Å². The van der Waals surface area contributed by atoms with Crippen molar-refractivity contribution in [2.45, 2.75) is 20.3 Å². The third kappa shape index (κ3) is 4.38. The van der Waals surface area contributed by atoms with E-state index < -0.39 is 0 Å². The molecule has 2 heteroatoms. The standard InChI is InChI=1S/C19H23NO/c1-5-6-17-13-15(2)21-19(14-17)12-9-16-7-10-18(11-8-16)20(3)4/h6-14H,5H2,1-4H3. The first-order valence-electron chi connectivity index (χ1n) is 7.32. The molecule has 0 spiro atoms. The summed E-state index contributed by atoms with van der Waals surface area (Å²) >= 11 is 0. The van der Waals surface area contributed by atoms with E-state index in [9.17, 15) is 0 Å². The lowest BCUT2D eigenvalue weighted by Gasteiger charge is -2.13. The molecule has 2 rings (SSSR count). The average molecular weight is 281 g/mol. The van der Waals surface area contributed by atoms with Gasteiger partial charge in [-0.3, -0.25) is 0 Å². The maximum absolute atomic E-state index is 5.73. The van der Waals surface area contributed by atoms with Crippen molar-refractivity contribution in [2.75, 3.05) is 19.0 Å². The van der Waals surface area contributed by atoms with Crippen LogP contribution in [0.5, 0.6) is 0 Å². The van der Waals surface area contributed by atoms with Gasteiger partial charge in [-0.1, -0.05) is 31.2 Å². The highest BCUT2D eigenvalue weighted by atomic mass is 16.5. The Hall–Kier alpha value is -2.22. The zero-order chi connectivity index (χ0) is 15.2. The molecule has 0 aromatic heterocycles. The van der Waals surface area contributed by atoms with E-state index in [2.05, 4.69) is 60.4 Å². The summed E-state index contributed by atoms with van der Waals surface area (Å²) in [5.41, 5.74) is 3.58. The van der Waals surface area contributed by atoms with E-state index in [0.717, 1.165) is 17.9 Å². The van der Waals surface area contributed by atoms with Crippen LogP contribution in [0.25, 0.3) is 6.08 Å². The molecule has 1 aliphatic rings. The van der Waals surface area contributed by atoms with E-state index in [4.69, 9.17) is 4.74 Å². The Balaban J connectivity index is 2.12. The highest BCUT2D eigenvalue weighted by Gasteiger charge is 2.05. The Morgan fingerprint density at radius 3 is 2.38 bits per heavy atom. The van der Waals surface area contributed by atoms with Crippen LogP contribution in [0.15, 0.2) is 65.7 Å². The van der Waals surface area contributed by atoms with Gasteiger partial charge in [0.05, 0.1) is 0 Å². The zero-order valence-corrected chi connectivity index (χ0v) is 13.3. The van der Waals surface area contributed by atoms with Gasteiger partial charge >= 0.3 is 0 Å². The Labute approximate surface area is 127 Å². The fourth-order valence-corrected chi connectivity index (χ4v) is 2.18. The summed E-state index contributed by atoms with van der Waals surface area (Å²) < 4.78 is 5.73. The lowest BCUT2D eigenvalue weighted by Crippen LogP contribution is -2.07. The predicted octanol–water partition coefficient (Wildman–Crippen LogP) is 4.92. The fraction of sp³-hybridized carbons (Fsp3) is 0.263. The summed E-state index contributed by atoms with van der Waals surface area (Å²) in [6.45, 7) is 4.12. The summed E-state index contributed by atoms with van der Waals surface area (Å²) in [7, 11) is 4.09. The van der Waals surface area contributed by atoms with Crippen molar-refractivity contribution in [1.82, 2.24) is 0 Å². The van der Waals surface area contributed by atoms with E-state index >= 15 is 0 Å². The number of allylic oxidation sites excluding steroid dienone is 6. The maximum Gasteiger partial charge on any atom is 0.127 e. The molecule has 0 aliphatic carbocycles. The molecule has 0 atom stereocenters. The van der Waals surface area contributed by atoms with Crippen LogP contribution in [0, 0.1) is 0 Å². The van der Waals surface area contributed by atoms with E-state index in [1.54, 1.807) is 0 Å². The van der Waals surface area contributed by atoms with Crippen molar-refractivity contribution in [3.8, 4) is 0 Å². The normalized spacial score (nSPS) is 16.7. The molecule has 0 bridgehead atoms. The quantitative estimate of drug-likeness (QED) is 0.776. The number of anilines is 1. The monoisotopic (exact) mass is 281 g/mol. The first-order valence-corrected chi connectivity index (χ1v) is 7.32. The van der Waals surface area contributed by atoms with Crippen molar-refractivity contribution in [1.29, 1.82) is 0 Å². The molecule has 0 saturated carbocycles. The van der Waals surface area contributed by atoms with Gasteiger partial charge in [0.25, 0.3) is 0 Å². The Kier molecular flexibility index (Phi) is 5.04. The van der Waals surface area contributed by atoms with Crippen LogP contribution >= 0.6 is 0 Å². The van der Waals surface area contributed by atoms with Gasteiger partial charge in [0.1, 0.15) is 11.5 Å². The number of hydrogen-bond acceptors (Lipinski definition) is 2. The van der Waals surface area contributed by atoms with Crippen LogP contribution in [0.2, 0.25) is 0 Å². The van der Waals surface area contributed by atoms with Crippen LogP contribution < -0.4 is 4.90 Å². The molecule has 0 fully saturated rings. The minimum absolute atomic E-state index is 0.881. The van der Waals surface area contributed by atoms with E-state index in [1.165, 1.54) is 16.8 Å². The van der Waals surface area contributed by atoms with Crippen LogP contribution in [0.4, 0.5) is 5.69 Å². The number of nitrogens with zero attached hydrogens (tertiary/aromatic N) is 1. The van der Waals surface area contributed by atoms with Crippen LogP contribution in [0.3, 0.4) is 0 Å². The van der Waals surface area contributed by atoms with Crippen molar-refractivity contribution < 1.29 is 4.74 Å². The molecule has 1 aromatic carbocycles. The van der Waals surface area contributed by atoms with Gasteiger partial charge in [-0.15, -0.1) is 0 Å². The first-order chi connectivity index (χ1) is 10.1. The second-order valence-corrected chi connectivity index (χ2v) is 5.34. The van der Waals surface area contributed by atoms with Crippen molar-refractivity contribution in [2.24, 2.45) is 0 Å². The van der Waals surface area contributed by atoms with Gasteiger partial charge in [0.15, 0.2) is 0 Å². The SMILES string of the molecule is CCC=C1C=C(C)OC(C=Cc2ccc(N(C)C)cc2)=C1. The third-order valence-electron chi connectivity index (χ3n) is 3.25. The Morgan fingerprint density at radius 1 is 1.05 bits per heavy atom. The highest BCUT2D eigenvalue weighted by molar-refractivity contribution is 5.58. The zero-order valence-electron chi connectivity index (χ0n) is 13.3. The molecule has 1 aliphatic heterocycles. The minimum Gasteiger partial charge on any atom is -0.462 e. The summed E-state index contributed by atoms with van der Waals surface area (Å²) in [4.78, 5) is 2.09. The van der Waals surface area contributed by atoms with Crippen LogP contribution in [-0.4, -0.2) is 14.1 Å². The number of benzene rings is 1. The topological polar surface area (TPSA) is 12.5 Å². The molecule has 21 heavy (non-hydrogen) atoms. The van der Waals surface area contributed by atoms with E-state index in [1.807, 2.05) is 27.1 Å². The van der Waals surface area contributed by atoms with Crippen molar-refractivity contribution in [3.05, 3.63) is 71.2 Å². The van der Waals surface area contributed by atoms with Gasteiger partial charge < -0.3 is 9.64 Å². The number of hydrogen-bond donors (Lipinski definition) is 0. The number of ether oxygens (including phenoxy) is 1. The second kappa shape index (κ2) is 6.98. The summed E-state index contributed by atoms with van der Waals surface area (Å²) in [6.07, 6.45) is 11.5. The van der Waals surface area contributed by atoms with Gasteiger partial charge in [0, 0.05) is 19.8 Å². The molecule has 0 unspecified atom stereocenters. The van der Waals surface area contributed by atoms with Crippen molar-refractivity contribution in [3.63, 3.8) is 0 Å². The van der Waals surface area contributed by atoms with Crippen LogP contribution in [-0.2, 0) is 4.74 Å². The first kappa shape index (κ1) is 15.2. The van der Waals surface area contributed by atoms with Crippen LogP contribution in [0.1, 0.15) is 25.8 Å². The molecule has 0 saturated heterocycles. The lowest BCUT2D eigenvalue weighted by atomic mass is 10.1. The lowest BCUT2D eigenvalue weighted by molar-refractivity contribution is 0.318. The van der Waals surface area contributed by atoms with E-state index in [0.29, 0.717) is 0 Å². The predicted molar refractivity (Wildman–Crippen MR) is 91.1 cm³/mol. The number of rotatable bonds is 4. The molecule has 2 nitrogen and oxygen atoms in total.